The van der Waals surface area contributed by atoms with Gasteiger partial charge >= 0.3 is 17.3 Å². The first-order valence-corrected chi connectivity index (χ1v) is 5.62. The predicted molar refractivity (Wildman–Crippen MR) is 65.3 cm³/mol. The van der Waals surface area contributed by atoms with E-state index in [0.29, 0.717) is 11.1 Å². The van der Waals surface area contributed by atoms with Gasteiger partial charge in [-0.15, -0.1) is 0 Å². The molecule has 0 fully saturated rings. The second kappa shape index (κ2) is 4.95. The van der Waals surface area contributed by atoms with Crippen LogP contribution < -0.4 is 11.1 Å². The number of hydrogen-bond acceptors (Lipinski definition) is 3. The highest BCUT2D eigenvalue weighted by Gasteiger charge is 2.30. The van der Waals surface area contributed by atoms with E-state index in [4.69, 9.17) is 0 Å². The van der Waals surface area contributed by atoms with Crippen molar-refractivity contribution in [2.75, 3.05) is 0 Å². The Morgan fingerprint density at radius 2 is 1.90 bits per heavy atom. The van der Waals surface area contributed by atoms with E-state index in [0.717, 1.165) is 0 Å². The third-order valence-corrected chi connectivity index (χ3v) is 2.61. The Bertz CT molecular complexity index is 747. The summed E-state index contributed by atoms with van der Waals surface area (Å²) in [6.45, 7) is 0.114. The van der Waals surface area contributed by atoms with Crippen molar-refractivity contribution in [3.8, 4) is 11.4 Å². The number of aromatic nitrogens is 3. The van der Waals surface area contributed by atoms with E-state index >= 15 is 0 Å². The van der Waals surface area contributed by atoms with Crippen molar-refractivity contribution < 1.29 is 13.2 Å². The quantitative estimate of drug-likeness (QED) is 0.850. The predicted octanol–water partition coefficient (Wildman–Crippen LogP) is 1.47. The van der Waals surface area contributed by atoms with Gasteiger partial charge in [-0.05, 0) is 12.5 Å². The Hall–Kier alpha value is -2.38. The SMILES string of the molecule is Cc1ccccc1-c1nn(CC(F)(F)F)c(=O)c(=O)[nH]1. The molecule has 2 aromatic rings. The number of benzene rings is 1. The van der Waals surface area contributed by atoms with Gasteiger partial charge in [0.05, 0.1) is 0 Å². The molecule has 0 amide bonds. The van der Waals surface area contributed by atoms with Crippen LogP contribution in [0.25, 0.3) is 11.4 Å². The highest BCUT2D eigenvalue weighted by atomic mass is 19.4. The molecule has 1 N–H and O–H groups in total. The fourth-order valence-corrected chi connectivity index (χ4v) is 1.71. The van der Waals surface area contributed by atoms with Crippen molar-refractivity contribution in [2.45, 2.75) is 19.6 Å². The van der Waals surface area contributed by atoms with Gasteiger partial charge in [-0.3, -0.25) is 9.59 Å². The van der Waals surface area contributed by atoms with Crippen molar-refractivity contribution in [2.24, 2.45) is 0 Å². The van der Waals surface area contributed by atoms with Gasteiger partial charge in [0.2, 0.25) is 0 Å². The zero-order chi connectivity index (χ0) is 14.9. The minimum atomic E-state index is -4.63. The molecule has 1 heterocycles. The molecule has 1 aromatic heterocycles. The lowest BCUT2D eigenvalue weighted by Gasteiger charge is -2.10. The lowest BCUT2D eigenvalue weighted by Crippen LogP contribution is -2.41. The molecule has 1 aromatic carbocycles. The normalized spacial score (nSPS) is 11.6. The Morgan fingerprint density at radius 1 is 1.25 bits per heavy atom. The van der Waals surface area contributed by atoms with E-state index in [1.807, 2.05) is 0 Å². The topological polar surface area (TPSA) is 67.8 Å². The van der Waals surface area contributed by atoms with Crippen LogP contribution in [-0.4, -0.2) is 20.9 Å². The van der Waals surface area contributed by atoms with Crippen LogP contribution in [0.15, 0.2) is 33.9 Å². The molecule has 0 radical (unpaired) electrons. The number of hydrogen-bond donors (Lipinski definition) is 1. The molecule has 0 unspecified atom stereocenters. The zero-order valence-electron chi connectivity index (χ0n) is 10.4. The van der Waals surface area contributed by atoms with Gasteiger partial charge in [0.15, 0.2) is 5.82 Å². The minimum absolute atomic E-state index is 0.0723. The van der Waals surface area contributed by atoms with Crippen molar-refractivity contribution in [1.82, 2.24) is 14.8 Å². The summed E-state index contributed by atoms with van der Waals surface area (Å²) in [7, 11) is 0. The van der Waals surface area contributed by atoms with E-state index in [2.05, 4.69) is 10.1 Å². The summed E-state index contributed by atoms with van der Waals surface area (Å²) in [5, 5.41) is 3.58. The molecule has 106 valence electrons. The van der Waals surface area contributed by atoms with E-state index in [1.54, 1.807) is 31.2 Å². The number of nitrogens with one attached hydrogen (secondary N) is 1. The Balaban J connectivity index is 2.61. The maximum atomic E-state index is 12.4. The molecule has 0 aliphatic heterocycles. The first-order chi connectivity index (χ1) is 9.28. The van der Waals surface area contributed by atoms with E-state index in [9.17, 15) is 22.8 Å². The average molecular weight is 285 g/mol. The van der Waals surface area contributed by atoms with E-state index in [-0.39, 0.29) is 10.5 Å². The number of H-pyrrole nitrogens is 1. The fourth-order valence-electron chi connectivity index (χ4n) is 1.71. The molecule has 0 bridgehead atoms. The lowest BCUT2D eigenvalue weighted by molar-refractivity contribution is -0.143. The van der Waals surface area contributed by atoms with Gasteiger partial charge in [-0.2, -0.15) is 18.3 Å². The van der Waals surface area contributed by atoms with Gasteiger partial charge in [-0.25, -0.2) is 4.68 Å². The molecule has 0 saturated heterocycles. The van der Waals surface area contributed by atoms with Crippen LogP contribution >= 0.6 is 0 Å². The molecule has 2 rings (SSSR count). The summed E-state index contributed by atoms with van der Waals surface area (Å²) in [6, 6.07) is 6.70. The van der Waals surface area contributed by atoms with Crippen LogP contribution in [0.5, 0.6) is 0 Å². The summed E-state index contributed by atoms with van der Waals surface area (Å²) in [5.74, 6) is -0.0723. The Morgan fingerprint density at radius 3 is 2.50 bits per heavy atom. The van der Waals surface area contributed by atoms with Crippen LogP contribution in [0.4, 0.5) is 13.2 Å². The van der Waals surface area contributed by atoms with Gasteiger partial charge < -0.3 is 4.98 Å². The summed E-state index contributed by atoms with van der Waals surface area (Å²) in [4.78, 5) is 25.0. The van der Waals surface area contributed by atoms with Gasteiger partial charge in [0.1, 0.15) is 6.54 Å². The molecule has 0 atom stereocenters. The summed E-state index contributed by atoms with van der Waals surface area (Å²) in [6.07, 6.45) is -4.63. The molecular formula is C12H10F3N3O2. The van der Waals surface area contributed by atoms with Crippen molar-refractivity contribution in [3.05, 3.63) is 50.5 Å². The molecule has 0 saturated carbocycles. The first-order valence-electron chi connectivity index (χ1n) is 5.62. The minimum Gasteiger partial charge on any atom is -0.300 e. The standard InChI is InChI=1S/C12H10F3N3O2/c1-7-4-2-3-5-8(7)9-16-10(19)11(20)18(17-9)6-12(13,14)15/h2-5H,6H2,1H3,(H,16,17,19). The molecule has 0 spiro atoms. The fraction of sp³-hybridized carbons (Fsp3) is 0.250. The van der Waals surface area contributed by atoms with E-state index in [1.165, 1.54) is 0 Å². The molecule has 0 aliphatic rings. The van der Waals surface area contributed by atoms with Crippen LogP contribution in [-0.2, 0) is 6.54 Å². The number of rotatable bonds is 2. The maximum absolute atomic E-state index is 12.4. The lowest BCUT2D eigenvalue weighted by atomic mass is 10.1. The average Bonchev–Trinajstić information content (AvgIpc) is 2.33. The second-order valence-corrected chi connectivity index (χ2v) is 4.20. The zero-order valence-corrected chi connectivity index (χ0v) is 10.4. The van der Waals surface area contributed by atoms with Crippen molar-refractivity contribution in [3.63, 3.8) is 0 Å². The number of halogens is 3. The van der Waals surface area contributed by atoms with Crippen molar-refractivity contribution in [1.29, 1.82) is 0 Å². The highest BCUT2D eigenvalue weighted by Crippen LogP contribution is 2.19. The van der Waals surface area contributed by atoms with Crippen molar-refractivity contribution >= 4 is 0 Å². The molecule has 8 heteroatoms. The third kappa shape index (κ3) is 2.95. The molecule has 20 heavy (non-hydrogen) atoms. The highest BCUT2D eigenvalue weighted by molar-refractivity contribution is 5.58. The number of aryl methyl sites for hydroxylation is 1. The summed E-state index contributed by atoms with van der Waals surface area (Å²) in [5.41, 5.74) is -1.30. The molecule has 5 nitrogen and oxygen atoms in total. The Labute approximate surface area is 110 Å². The van der Waals surface area contributed by atoms with E-state index < -0.39 is 23.8 Å². The molecule has 0 aliphatic carbocycles. The molecular weight excluding hydrogens is 275 g/mol. The summed E-state index contributed by atoms with van der Waals surface area (Å²) < 4.78 is 37.2. The van der Waals surface area contributed by atoms with Crippen LogP contribution in [0.3, 0.4) is 0 Å². The van der Waals surface area contributed by atoms with Gasteiger partial charge in [0, 0.05) is 5.56 Å². The maximum Gasteiger partial charge on any atom is 0.408 e. The van der Waals surface area contributed by atoms with Crippen LogP contribution in [0.1, 0.15) is 5.56 Å². The van der Waals surface area contributed by atoms with Crippen LogP contribution in [0, 0.1) is 6.92 Å². The summed E-state index contributed by atoms with van der Waals surface area (Å²) >= 11 is 0. The largest absolute Gasteiger partial charge is 0.408 e. The number of nitrogens with zero attached hydrogens (tertiary/aromatic N) is 2. The number of alkyl halides is 3. The third-order valence-electron chi connectivity index (χ3n) is 2.61. The van der Waals surface area contributed by atoms with Gasteiger partial charge in [-0.1, -0.05) is 24.3 Å². The second-order valence-electron chi connectivity index (χ2n) is 4.20. The van der Waals surface area contributed by atoms with Crippen LogP contribution in [0.2, 0.25) is 0 Å². The Kier molecular flexibility index (Phi) is 3.47. The monoisotopic (exact) mass is 285 g/mol. The first kappa shape index (κ1) is 14.0. The smallest absolute Gasteiger partial charge is 0.300 e. The van der Waals surface area contributed by atoms with Gasteiger partial charge in [0.25, 0.3) is 0 Å². The number of aromatic amines is 1.